The van der Waals surface area contributed by atoms with Crippen LogP contribution in [0.2, 0.25) is 0 Å². The predicted molar refractivity (Wildman–Crippen MR) is 97.0 cm³/mol. The Bertz CT molecular complexity index is 269. The van der Waals surface area contributed by atoms with Crippen LogP contribution in [-0.4, -0.2) is 22.7 Å². The van der Waals surface area contributed by atoms with Gasteiger partial charge in [-0.05, 0) is 53.4 Å². The lowest BCUT2D eigenvalue weighted by Gasteiger charge is -2.51. The molecule has 0 aromatic rings. The van der Waals surface area contributed by atoms with E-state index in [0.29, 0.717) is 0 Å². The molecule has 1 aliphatic heterocycles. The number of nitrogens with zero attached hydrogens (tertiary/aromatic N) is 1. The van der Waals surface area contributed by atoms with Gasteiger partial charge in [0.05, 0.1) is 6.61 Å². The van der Waals surface area contributed by atoms with Crippen molar-refractivity contribution in [2.24, 2.45) is 0 Å². The molecule has 0 amide bonds. The van der Waals surface area contributed by atoms with E-state index in [1.165, 1.54) is 77.0 Å². The Labute approximate surface area is 139 Å². The van der Waals surface area contributed by atoms with Gasteiger partial charge in [-0.25, -0.2) is 0 Å². The number of hydrogen-bond acceptors (Lipinski definition) is 2. The van der Waals surface area contributed by atoms with Crippen LogP contribution in [0.3, 0.4) is 0 Å². The molecule has 1 rings (SSSR count). The van der Waals surface area contributed by atoms with Crippen LogP contribution in [0.25, 0.3) is 0 Å². The molecule has 0 aromatic heterocycles. The third-order valence-corrected chi connectivity index (χ3v) is 5.15. The second-order valence-corrected chi connectivity index (χ2v) is 8.43. The first-order valence-corrected chi connectivity index (χ1v) is 9.83. The van der Waals surface area contributed by atoms with Crippen molar-refractivity contribution in [3.05, 3.63) is 0 Å². The maximum Gasteiger partial charge on any atom is 0.0685 e. The number of unbranched alkanes of at least 4 members (excludes halogenated alkanes) is 8. The smallest absolute Gasteiger partial charge is 0.0685 e. The van der Waals surface area contributed by atoms with Crippen LogP contribution in [0.5, 0.6) is 0 Å². The summed E-state index contributed by atoms with van der Waals surface area (Å²) in [6, 6.07) is 0. The van der Waals surface area contributed by atoms with E-state index in [1.807, 2.05) is 0 Å². The summed E-state index contributed by atoms with van der Waals surface area (Å²) >= 11 is 0. The predicted octanol–water partition coefficient (Wildman–Crippen LogP) is 6.49. The molecule has 1 saturated heterocycles. The van der Waals surface area contributed by atoms with Crippen LogP contribution in [0.15, 0.2) is 0 Å². The molecular formula is C20H41NO. The highest BCUT2D eigenvalue weighted by Crippen LogP contribution is 2.38. The molecule has 0 unspecified atom stereocenters. The quantitative estimate of drug-likeness (QED) is 0.404. The van der Waals surface area contributed by atoms with Crippen LogP contribution >= 0.6 is 0 Å². The standard InChI is InChI=1S/C20H41NO/c1-6-7-8-9-10-11-12-13-14-18-22-21-19(2,3)16-15-17-20(21,4)5/h6-18H2,1-5H3. The molecule has 22 heavy (non-hydrogen) atoms. The van der Waals surface area contributed by atoms with E-state index >= 15 is 0 Å². The zero-order chi connectivity index (χ0) is 16.5. The van der Waals surface area contributed by atoms with Crippen molar-refractivity contribution >= 4 is 0 Å². The molecule has 2 heteroatoms. The van der Waals surface area contributed by atoms with Gasteiger partial charge in [0.2, 0.25) is 0 Å². The van der Waals surface area contributed by atoms with E-state index in [4.69, 9.17) is 4.84 Å². The summed E-state index contributed by atoms with van der Waals surface area (Å²) in [5.74, 6) is 0. The lowest BCUT2D eigenvalue weighted by atomic mass is 9.82. The fraction of sp³-hybridized carbons (Fsp3) is 1.00. The number of piperidine rings is 1. The molecule has 0 spiro atoms. The average molecular weight is 312 g/mol. The maximum atomic E-state index is 6.21. The summed E-state index contributed by atoms with van der Waals surface area (Å²) in [6.45, 7) is 12.5. The summed E-state index contributed by atoms with van der Waals surface area (Å²) in [5, 5.41) is 2.30. The third-order valence-electron chi connectivity index (χ3n) is 5.15. The van der Waals surface area contributed by atoms with Gasteiger partial charge in [-0.1, -0.05) is 58.3 Å². The largest absolute Gasteiger partial charge is 0.298 e. The molecule has 0 aliphatic carbocycles. The van der Waals surface area contributed by atoms with Crippen molar-refractivity contribution in [2.45, 2.75) is 123 Å². The average Bonchev–Trinajstić information content (AvgIpc) is 2.42. The van der Waals surface area contributed by atoms with Gasteiger partial charge in [-0.3, -0.25) is 4.84 Å². The molecule has 0 saturated carbocycles. The van der Waals surface area contributed by atoms with E-state index in [0.717, 1.165) is 6.61 Å². The highest BCUT2D eigenvalue weighted by atomic mass is 16.7. The minimum atomic E-state index is 0.182. The first-order valence-electron chi connectivity index (χ1n) is 9.83. The highest BCUT2D eigenvalue weighted by molar-refractivity contribution is 4.92. The van der Waals surface area contributed by atoms with Crippen molar-refractivity contribution in [2.75, 3.05) is 6.61 Å². The Morgan fingerprint density at radius 3 is 1.68 bits per heavy atom. The molecule has 0 atom stereocenters. The van der Waals surface area contributed by atoms with Crippen molar-refractivity contribution in [3.63, 3.8) is 0 Å². The molecule has 1 aliphatic rings. The van der Waals surface area contributed by atoms with Crippen LogP contribution in [0, 0.1) is 0 Å². The number of rotatable bonds is 11. The van der Waals surface area contributed by atoms with Gasteiger partial charge in [0.15, 0.2) is 0 Å². The van der Waals surface area contributed by atoms with Gasteiger partial charge in [-0.15, -0.1) is 0 Å². The first-order chi connectivity index (χ1) is 10.4. The second kappa shape index (κ2) is 9.93. The van der Waals surface area contributed by atoms with Crippen LogP contribution in [-0.2, 0) is 4.84 Å². The Balaban J connectivity index is 2.08. The zero-order valence-corrected chi connectivity index (χ0v) is 16.0. The third kappa shape index (κ3) is 7.00. The maximum absolute atomic E-state index is 6.21. The fourth-order valence-electron chi connectivity index (χ4n) is 3.89. The summed E-state index contributed by atoms with van der Waals surface area (Å²) in [4.78, 5) is 6.21. The first kappa shape index (κ1) is 20.0. The Morgan fingerprint density at radius 2 is 1.18 bits per heavy atom. The van der Waals surface area contributed by atoms with Gasteiger partial charge in [0, 0.05) is 11.1 Å². The Morgan fingerprint density at radius 1 is 0.727 bits per heavy atom. The van der Waals surface area contributed by atoms with Crippen LogP contribution < -0.4 is 0 Å². The van der Waals surface area contributed by atoms with Crippen molar-refractivity contribution < 1.29 is 4.84 Å². The van der Waals surface area contributed by atoms with E-state index < -0.39 is 0 Å². The summed E-state index contributed by atoms with van der Waals surface area (Å²) in [7, 11) is 0. The van der Waals surface area contributed by atoms with Crippen molar-refractivity contribution in [3.8, 4) is 0 Å². The number of hydroxylamine groups is 2. The minimum Gasteiger partial charge on any atom is -0.298 e. The molecule has 1 fully saturated rings. The van der Waals surface area contributed by atoms with Crippen LogP contribution in [0.1, 0.15) is 112 Å². The fourth-order valence-corrected chi connectivity index (χ4v) is 3.89. The van der Waals surface area contributed by atoms with E-state index in [-0.39, 0.29) is 11.1 Å². The van der Waals surface area contributed by atoms with E-state index in [9.17, 15) is 0 Å². The van der Waals surface area contributed by atoms with Gasteiger partial charge in [0.25, 0.3) is 0 Å². The molecule has 2 nitrogen and oxygen atoms in total. The van der Waals surface area contributed by atoms with Crippen LogP contribution in [0.4, 0.5) is 0 Å². The van der Waals surface area contributed by atoms with Gasteiger partial charge in [-0.2, -0.15) is 5.06 Å². The number of hydrogen-bond donors (Lipinski definition) is 0. The molecule has 0 radical (unpaired) electrons. The molecule has 132 valence electrons. The molecule has 0 bridgehead atoms. The SMILES string of the molecule is CCCCCCCCCCCON1C(C)(C)CCCC1(C)C. The summed E-state index contributed by atoms with van der Waals surface area (Å²) in [6.07, 6.45) is 16.2. The zero-order valence-electron chi connectivity index (χ0n) is 16.0. The molecule has 0 aromatic carbocycles. The van der Waals surface area contributed by atoms with Gasteiger partial charge < -0.3 is 0 Å². The minimum absolute atomic E-state index is 0.182. The molecule has 1 heterocycles. The van der Waals surface area contributed by atoms with E-state index in [1.54, 1.807) is 0 Å². The van der Waals surface area contributed by atoms with E-state index in [2.05, 4.69) is 39.7 Å². The lowest BCUT2D eigenvalue weighted by molar-refractivity contribution is -0.281. The summed E-state index contributed by atoms with van der Waals surface area (Å²) < 4.78 is 0. The van der Waals surface area contributed by atoms with Gasteiger partial charge >= 0.3 is 0 Å². The Kier molecular flexibility index (Phi) is 9.01. The molecular weight excluding hydrogens is 270 g/mol. The van der Waals surface area contributed by atoms with Gasteiger partial charge in [0.1, 0.15) is 0 Å². The lowest BCUT2D eigenvalue weighted by Crippen LogP contribution is -2.58. The summed E-state index contributed by atoms with van der Waals surface area (Å²) in [5.41, 5.74) is 0.363. The monoisotopic (exact) mass is 311 g/mol. The normalized spacial score (nSPS) is 21.1. The second-order valence-electron chi connectivity index (χ2n) is 8.43. The highest BCUT2D eigenvalue weighted by Gasteiger charge is 2.42. The molecule has 0 N–H and O–H groups in total. The topological polar surface area (TPSA) is 12.5 Å². The Hall–Kier alpha value is -0.0800. The van der Waals surface area contributed by atoms with Crippen molar-refractivity contribution in [1.82, 2.24) is 5.06 Å². The van der Waals surface area contributed by atoms with Crippen molar-refractivity contribution in [1.29, 1.82) is 0 Å².